The van der Waals surface area contributed by atoms with Crippen LogP contribution >= 0.6 is 0 Å². The summed E-state index contributed by atoms with van der Waals surface area (Å²) in [6.45, 7) is 4.91. The highest BCUT2D eigenvalue weighted by atomic mass is 16.1. The second-order valence-corrected chi connectivity index (χ2v) is 6.40. The van der Waals surface area contributed by atoms with Gasteiger partial charge in [0.15, 0.2) is 0 Å². The number of hydrogen-bond donors (Lipinski definition) is 2. The lowest BCUT2D eigenvalue weighted by atomic mass is 9.97. The molecule has 0 radical (unpaired) electrons. The molecule has 5 heteroatoms. The smallest absolute Gasteiger partial charge is 0.244 e. The van der Waals surface area contributed by atoms with Crippen LogP contribution in [0.3, 0.4) is 0 Å². The van der Waals surface area contributed by atoms with Crippen LogP contribution in [0.25, 0.3) is 0 Å². The highest BCUT2D eigenvalue weighted by Gasteiger charge is 2.23. The zero-order chi connectivity index (χ0) is 18.1. The lowest BCUT2D eigenvalue weighted by molar-refractivity contribution is -0.123. The number of piperidine rings is 1. The van der Waals surface area contributed by atoms with Crippen molar-refractivity contribution >= 4 is 11.8 Å². The zero-order valence-corrected chi connectivity index (χ0v) is 14.8. The second kappa shape index (κ2) is 9.79. The molecule has 0 aliphatic carbocycles. The van der Waals surface area contributed by atoms with Crippen LogP contribution in [0.1, 0.15) is 30.9 Å². The summed E-state index contributed by atoms with van der Waals surface area (Å²) in [5.74, 6) is -0.351. The first-order chi connectivity index (χ1) is 12.1. The van der Waals surface area contributed by atoms with Crippen LogP contribution in [0.4, 0.5) is 0 Å². The van der Waals surface area contributed by atoms with Gasteiger partial charge in [-0.3, -0.25) is 14.5 Å². The van der Waals surface area contributed by atoms with Crippen LogP contribution in [0.5, 0.6) is 0 Å². The maximum absolute atomic E-state index is 11.7. The maximum atomic E-state index is 11.7. The number of nitrogens with zero attached hydrogens (tertiary/aromatic N) is 1. The minimum Gasteiger partial charge on any atom is -0.369 e. The van der Waals surface area contributed by atoms with E-state index in [0.717, 1.165) is 38.0 Å². The molecule has 25 heavy (non-hydrogen) atoms. The third kappa shape index (κ3) is 6.55. The Kier molecular flexibility index (Phi) is 7.41. The molecule has 1 aromatic carbocycles. The summed E-state index contributed by atoms with van der Waals surface area (Å²) in [7, 11) is 0. The van der Waals surface area contributed by atoms with E-state index in [4.69, 9.17) is 5.73 Å². The summed E-state index contributed by atoms with van der Waals surface area (Å²) in [6.07, 6.45) is 8.81. The number of allylic oxidation sites excluding steroid dienone is 3. The van der Waals surface area contributed by atoms with Gasteiger partial charge in [0, 0.05) is 25.7 Å². The molecule has 1 saturated heterocycles. The molecule has 0 aromatic heterocycles. The molecule has 1 heterocycles. The topological polar surface area (TPSA) is 75.4 Å². The van der Waals surface area contributed by atoms with Gasteiger partial charge in [0.1, 0.15) is 0 Å². The van der Waals surface area contributed by atoms with E-state index in [-0.39, 0.29) is 17.7 Å². The fraction of sp³-hybridized carbons (Fsp3) is 0.400. The number of nitrogens with one attached hydrogen (secondary N) is 1. The predicted molar refractivity (Wildman–Crippen MR) is 99.4 cm³/mol. The van der Waals surface area contributed by atoms with E-state index in [1.165, 1.54) is 11.6 Å². The number of hydrogen-bond acceptors (Lipinski definition) is 3. The van der Waals surface area contributed by atoms with Gasteiger partial charge in [-0.2, -0.15) is 0 Å². The Morgan fingerprint density at radius 3 is 2.88 bits per heavy atom. The lowest BCUT2D eigenvalue weighted by Crippen LogP contribution is -2.40. The highest BCUT2D eigenvalue weighted by Crippen LogP contribution is 2.18. The Morgan fingerprint density at radius 1 is 1.32 bits per heavy atom. The SMILES string of the molecule is C/C=C/C=C\C(=O)NCc1cccc(CN2CCC[C@H](C(N)=O)C2)c1. The monoisotopic (exact) mass is 341 g/mol. The number of carbonyl (C=O) groups is 2. The van der Waals surface area contributed by atoms with Gasteiger partial charge in [0.05, 0.1) is 5.92 Å². The van der Waals surface area contributed by atoms with Gasteiger partial charge in [-0.1, -0.05) is 42.5 Å². The molecule has 0 spiro atoms. The summed E-state index contributed by atoms with van der Waals surface area (Å²) in [5.41, 5.74) is 7.69. The van der Waals surface area contributed by atoms with Gasteiger partial charge in [-0.15, -0.1) is 0 Å². The quantitative estimate of drug-likeness (QED) is 0.589. The van der Waals surface area contributed by atoms with Crippen LogP contribution in [0.2, 0.25) is 0 Å². The van der Waals surface area contributed by atoms with Crippen molar-refractivity contribution in [3.8, 4) is 0 Å². The minimum atomic E-state index is -0.202. The van der Waals surface area contributed by atoms with Crippen molar-refractivity contribution < 1.29 is 9.59 Å². The Morgan fingerprint density at radius 2 is 2.12 bits per heavy atom. The van der Waals surface area contributed by atoms with Gasteiger partial charge in [-0.05, 0) is 37.4 Å². The summed E-state index contributed by atoms with van der Waals surface area (Å²) < 4.78 is 0. The fourth-order valence-corrected chi connectivity index (χ4v) is 3.03. The Balaban J connectivity index is 1.88. The highest BCUT2D eigenvalue weighted by molar-refractivity contribution is 5.87. The van der Waals surface area contributed by atoms with Crippen molar-refractivity contribution in [1.29, 1.82) is 0 Å². The van der Waals surface area contributed by atoms with E-state index >= 15 is 0 Å². The Hall–Kier alpha value is -2.40. The third-order valence-corrected chi connectivity index (χ3v) is 4.32. The van der Waals surface area contributed by atoms with Crippen molar-refractivity contribution in [2.24, 2.45) is 11.7 Å². The van der Waals surface area contributed by atoms with Crippen LogP contribution in [-0.2, 0) is 22.7 Å². The first-order valence-corrected chi connectivity index (χ1v) is 8.75. The van der Waals surface area contributed by atoms with Crippen molar-refractivity contribution in [2.75, 3.05) is 13.1 Å². The Bertz CT molecular complexity index is 652. The van der Waals surface area contributed by atoms with Crippen LogP contribution < -0.4 is 11.1 Å². The molecule has 1 fully saturated rings. The van der Waals surface area contributed by atoms with E-state index in [1.54, 1.807) is 6.08 Å². The molecular formula is C20H27N3O2. The molecule has 2 amide bonds. The van der Waals surface area contributed by atoms with E-state index in [0.29, 0.717) is 6.54 Å². The van der Waals surface area contributed by atoms with E-state index in [1.807, 2.05) is 31.2 Å². The number of rotatable bonds is 7. The van der Waals surface area contributed by atoms with Gasteiger partial charge in [0.2, 0.25) is 11.8 Å². The summed E-state index contributed by atoms with van der Waals surface area (Å²) >= 11 is 0. The average molecular weight is 341 g/mol. The lowest BCUT2D eigenvalue weighted by Gasteiger charge is -2.31. The average Bonchev–Trinajstić information content (AvgIpc) is 2.61. The third-order valence-electron chi connectivity index (χ3n) is 4.32. The summed E-state index contributed by atoms with van der Waals surface area (Å²) in [5, 5.41) is 2.88. The van der Waals surface area contributed by atoms with Crippen LogP contribution in [0.15, 0.2) is 48.6 Å². The van der Waals surface area contributed by atoms with Crippen molar-refractivity contribution in [1.82, 2.24) is 10.2 Å². The van der Waals surface area contributed by atoms with Gasteiger partial charge in [0.25, 0.3) is 0 Å². The molecule has 0 bridgehead atoms. The summed E-state index contributed by atoms with van der Waals surface area (Å²) in [6, 6.07) is 8.18. The molecule has 3 N–H and O–H groups in total. The van der Waals surface area contributed by atoms with Crippen LogP contribution in [-0.4, -0.2) is 29.8 Å². The molecular weight excluding hydrogens is 314 g/mol. The predicted octanol–water partition coefficient (Wildman–Crippen LogP) is 2.13. The zero-order valence-electron chi connectivity index (χ0n) is 14.8. The fourth-order valence-electron chi connectivity index (χ4n) is 3.03. The maximum Gasteiger partial charge on any atom is 0.244 e. The molecule has 1 aliphatic rings. The molecule has 1 aliphatic heterocycles. The second-order valence-electron chi connectivity index (χ2n) is 6.40. The first kappa shape index (κ1) is 18.9. The number of primary amides is 1. The Labute approximate surface area is 149 Å². The van der Waals surface area contributed by atoms with Crippen molar-refractivity contribution in [3.05, 3.63) is 59.7 Å². The van der Waals surface area contributed by atoms with Gasteiger partial charge < -0.3 is 11.1 Å². The van der Waals surface area contributed by atoms with Crippen LogP contribution in [0, 0.1) is 5.92 Å². The number of carbonyl (C=O) groups excluding carboxylic acids is 2. The number of benzene rings is 1. The number of likely N-dealkylation sites (tertiary alicyclic amines) is 1. The van der Waals surface area contributed by atoms with Crippen molar-refractivity contribution in [3.63, 3.8) is 0 Å². The molecule has 134 valence electrons. The molecule has 0 saturated carbocycles. The van der Waals surface area contributed by atoms with E-state index in [9.17, 15) is 9.59 Å². The molecule has 5 nitrogen and oxygen atoms in total. The minimum absolute atomic E-state index is 0.0415. The molecule has 1 aromatic rings. The number of nitrogens with two attached hydrogens (primary N) is 1. The molecule has 2 rings (SSSR count). The first-order valence-electron chi connectivity index (χ1n) is 8.75. The van der Waals surface area contributed by atoms with E-state index < -0.39 is 0 Å². The van der Waals surface area contributed by atoms with E-state index in [2.05, 4.69) is 22.3 Å². The standard InChI is InChI=1S/C20H27N3O2/c1-2-3-4-10-19(24)22-13-16-7-5-8-17(12-16)14-23-11-6-9-18(15-23)20(21)25/h2-5,7-8,10,12,18H,6,9,11,13-15H2,1H3,(H2,21,25)(H,22,24)/b3-2+,10-4-/t18-/m0/s1. The van der Waals surface area contributed by atoms with Gasteiger partial charge in [-0.25, -0.2) is 0 Å². The van der Waals surface area contributed by atoms with Crippen molar-refractivity contribution in [2.45, 2.75) is 32.9 Å². The van der Waals surface area contributed by atoms with Gasteiger partial charge >= 0.3 is 0 Å². The molecule has 1 atom stereocenters. The largest absolute Gasteiger partial charge is 0.369 e. The summed E-state index contributed by atoms with van der Waals surface area (Å²) in [4.78, 5) is 25.4. The normalized spacial score (nSPS) is 18.7. The number of amides is 2. The molecule has 0 unspecified atom stereocenters.